The maximum Gasteiger partial charge on any atom is 0.0343 e. The van der Waals surface area contributed by atoms with Crippen LogP contribution >= 0.6 is 11.8 Å². The van der Waals surface area contributed by atoms with Crippen molar-refractivity contribution >= 4 is 17.4 Å². The Morgan fingerprint density at radius 1 is 1.35 bits per heavy atom. The Labute approximate surface area is 107 Å². The molecule has 0 spiro atoms. The third kappa shape index (κ3) is 2.45. The molecule has 3 heteroatoms. The Kier molecular flexibility index (Phi) is 3.05. The summed E-state index contributed by atoms with van der Waals surface area (Å²) in [6.45, 7) is 1.86. The van der Waals surface area contributed by atoms with Crippen LogP contribution in [-0.2, 0) is 6.42 Å². The minimum Gasteiger partial charge on any atom is -0.384 e. The van der Waals surface area contributed by atoms with E-state index in [1.165, 1.54) is 47.6 Å². The molecular weight excluding hydrogens is 228 g/mol. The van der Waals surface area contributed by atoms with E-state index in [1.807, 2.05) is 11.8 Å². The second kappa shape index (κ2) is 4.54. The van der Waals surface area contributed by atoms with Gasteiger partial charge in [0.15, 0.2) is 0 Å². The first kappa shape index (κ1) is 11.4. The summed E-state index contributed by atoms with van der Waals surface area (Å²) in [7, 11) is 0. The first-order valence-electron chi connectivity index (χ1n) is 6.51. The fourth-order valence-electron chi connectivity index (χ4n) is 2.39. The van der Waals surface area contributed by atoms with E-state index in [0.717, 1.165) is 13.1 Å². The number of rotatable bonds is 4. The average molecular weight is 248 g/mol. The predicted molar refractivity (Wildman–Crippen MR) is 74.7 cm³/mol. The SMILES string of the molecule is NCC1(CNc2ccc3c(c2)CCCS3)CC1. The van der Waals surface area contributed by atoms with Gasteiger partial charge in [0, 0.05) is 17.1 Å². The van der Waals surface area contributed by atoms with Crippen molar-refractivity contribution in [1.29, 1.82) is 0 Å². The monoisotopic (exact) mass is 248 g/mol. The van der Waals surface area contributed by atoms with Gasteiger partial charge in [-0.05, 0) is 67.2 Å². The van der Waals surface area contributed by atoms with Gasteiger partial charge in [-0.25, -0.2) is 0 Å². The maximum absolute atomic E-state index is 5.80. The van der Waals surface area contributed by atoms with E-state index in [2.05, 4.69) is 23.5 Å². The van der Waals surface area contributed by atoms with E-state index in [-0.39, 0.29) is 0 Å². The minimum atomic E-state index is 0.407. The van der Waals surface area contributed by atoms with Gasteiger partial charge in [-0.15, -0.1) is 11.8 Å². The van der Waals surface area contributed by atoms with Crippen molar-refractivity contribution in [2.75, 3.05) is 24.2 Å². The number of anilines is 1. The standard InChI is InChI=1S/C14H20N2S/c15-9-14(5-6-14)10-16-12-3-4-13-11(8-12)2-1-7-17-13/h3-4,8,16H,1-2,5-7,9-10,15H2. The normalized spacial score (nSPS) is 20.8. The summed E-state index contributed by atoms with van der Waals surface area (Å²) in [5, 5.41) is 3.56. The highest BCUT2D eigenvalue weighted by Gasteiger charge is 2.40. The van der Waals surface area contributed by atoms with E-state index in [9.17, 15) is 0 Å². The van der Waals surface area contributed by atoms with E-state index in [4.69, 9.17) is 5.73 Å². The van der Waals surface area contributed by atoms with Crippen molar-refractivity contribution in [3.05, 3.63) is 23.8 Å². The molecule has 3 N–H and O–H groups in total. The van der Waals surface area contributed by atoms with Gasteiger partial charge in [0.05, 0.1) is 0 Å². The second-order valence-corrected chi connectivity index (χ2v) is 6.47. The number of hydrogen-bond acceptors (Lipinski definition) is 3. The van der Waals surface area contributed by atoms with Gasteiger partial charge in [-0.2, -0.15) is 0 Å². The zero-order valence-electron chi connectivity index (χ0n) is 10.2. The molecule has 0 unspecified atom stereocenters. The van der Waals surface area contributed by atoms with E-state index in [0.29, 0.717) is 5.41 Å². The van der Waals surface area contributed by atoms with Gasteiger partial charge in [0.25, 0.3) is 0 Å². The summed E-state index contributed by atoms with van der Waals surface area (Å²) < 4.78 is 0. The van der Waals surface area contributed by atoms with E-state index >= 15 is 0 Å². The van der Waals surface area contributed by atoms with Crippen LogP contribution in [0.1, 0.15) is 24.8 Å². The predicted octanol–water partition coefficient (Wildman–Crippen LogP) is 2.88. The summed E-state index contributed by atoms with van der Waals surface area (Å²) in [6, 6.07) is 6.81. The van der Waals surface area contributed by atoms with Gasteiger partial charge in [-0.3, -0.25) is 0 Å². The van der Waals surface area contributed by atoms with Crippen LogP contribution < -0.4 is 11.1 Å². The molecule has 1 saturated carbocycles. The number of aryl methyl sites for hydroxylation is 1. The van der Waals surface area contributed by atoms with Crippen LogP contribution in [0.15, 0.2) is 23.1 Å². The van der Waals surface area contributed by atoms with Gasteiger partial charge in [0.2, 0.25) is 0 Å². The largest absolute Gasteiger partial charge is 0.384 e. The smallest absolute Gasteiger partial charge is 0.0343 e. The molecule has 0 amide bonds. The lowest BCUT2D eigenvalue weighted by Crippen LogP contribution is -2.24. The van der Waals surface area contributed by atoms with Gasteiger partial charge < -0.3 is 11.1 Å². The quantitative estimate of drug-likeness (QED) is 0.860. The number of thioether (sulfide) groups is 1. The highest BCUT2D eigenvalue weighted by Crippen LogP contribution is 2.44. The average Bonchev–Trinajstić information content (AvgIpc) is 3.17. The van der Waals surface area contributed by atoms with Gasteiger partial charge >= 0.3 is 0 Å². The van der Waals surface area contributed by atoms with Crippen molar-refractivity contribution in [3.8, 4) is 0 Å². The molecule has 1 aliphatic carbocycles. The lowest BCUT2D eigenvalue weighted by molar-refractivity contribution is 0.556. The molecule has 0 radical (unpaired) electrons. The first-order valence-corrected chi connectivity index (χ1v) is 7.50. The molecule has 1 aliphatic heterocycles. The van der Waals surface area contributed by atoms with E-state index < -0.39 is 0 Å². The lowest BCUT2D eigenvalue weighted by atomic mass is 10.1. The third-order valence-electron chi connectivity index (χ3n) is 3.97. The number of nitrogens with two attached hydrogens (primary N) is 1. The van der Waals surface area contributed by atoms with Crippen LogP contribution in [0.2, 0.25) is 0 Å². The molecule has 0 bridgehead atoms. The number of fused-ring (bicyclic) bond motifs is 1. The Hall–Kier alpha value is -0.670. The van der Waals surface area contributed by atoms with Crippen LogP contribution in [-0.4, -0.2) is 18.8 Å². The molecule has 17 heavy (non-hydrogen) atoms. The fraction of sp³-hybridized carbons (Fsp3) is 0.571. The lowest BCUT2D eigenvalue weighted by Gasteiger charge is -2.18. The van der Waals surface area contributed by atoms with Crippen LogP contribution in [0.5, 0.6) is 0 Å². The highest BCUT2D eigenvalue weighted by atomic mass is 32.2. The summed E-state index contributed by atoms with van der Waals surface area (Å²) in [4.78, 5) is 1.47. The molecule has 0 saturated heterocycles. The number of benzene rings is 1. The summed E-state index contributed by atoms with van der Waals surface area (Å²) in [6.07, 6.45) is 5.13. The Morgan fingerprint density at radius 3 is 3.00 bits per heavy atom. The Bertz CT molecular complexity index is 413. The molecular formula is C14H20N2S. The second-order valence-electron chi connectivity index (χ2n) is 5.33. The molecule has 0 atom stereocenters. The topological polar surface area (TPSA) is 38.0 Å². The summed E-state index contributed by atoms with van der Waals surface area (Å²) in [5.74, 6) is 1.27. The molecule has 1 aromatic carbocycles. The molecule has 1 fully saturated rings. The zero-order valence-corrected chi connectivity index (χ0v) is 11.0. The fourth-order valence-corrected chi connectivity index (χ4v) is 3.41. The van der Waals surface area contributed by atoms with Crippen LogP contribution in [0.25, 0.3) is 0 Å². The van der Waals surface area contributed by atoms with Crippen molar-refractivity contribution in [3.63, 3.8) is 0 Å². The van der Waals surface area contributed by atoms with Crippen molar-refractivity contribution in [2.24, 2.45) is 11.1 Å². The van der Waals surface area contributed by atoms with Crippen LogP contribution in [0.3, 0.4) is 0 Å². The summed E-state index contributed by atoms with van der Waals surface area (Å²) >= 11 is 1.99. The molecule has 2 nitrogen and oxygen atoms in total. The van der Waals surface area contributed by atoms with Crippen molar-refractivity contribution < 1.29 is 0 Å². The Balaban J connectivity index is 1.67. The maximum atomic E-state index is 5.80. The van der Waals surface area contributed by atoms with Gasteiger partial charge in [-0.1, -0.05) is 0 Å². The third-order valence-corrected chi connectivity index (χ3v) is 5.17. The molecule has 2 aliphatic rings. The highest BCUT2D eigenvalue weighted by molar-refractivity contribution is 7.99. The van der Waals surface area contributed by atoms with Crippen molar-refractivity contribution in [1.82, 2.24) is 0 Å². The molecule has 0 aromatic heterocycles. The zero-order chi connectivity index (χ0) is 11.7. The minimum absolute atomic E-state index is 0.407. The van der Waals surface area contributed by atoms with Crippen LogP contribution in [0, 0.1) is 5.41 Å². The molecule has 1 aromatic rings. The molecule has 92 valence electrons. The first-order chi connectivity index (χ1) is 8.31. The molecule has 1 heterocycles. The Morgan fingerprint density at radius 2 is 2.24 bits per heavy atom. The molecule has 3 rings (SSSR count). The number of hydrogen-bond donors (Lipinski definition) is 2. The van der Waals surface area contributed by atoms with Crippen molar-refractivity contribution in [2.45, 2.75) is 30.6 Å². The van der Waals surface area contributed by atoms with E-state index in [1.54, 1.807) is 0 Å². The number of nitrogens with one attached hydrogen (secondary N) is 1. The van der Waals surface area contributed by atoms with Crippen LogP contribution in [0.4, 0.5) is 5.69 Å². The summed E-state index contributed by atoms with van der Waals surface area (Å²) in [5.41, 5.74) is 8.99. The van der Waals surface area contributed by atoms with Gasteiger partial charge in [0.1, 0.15) is 0 Å².